The van der Waals surface area contributed by atoms with Crippen LogP contribution in [0.4, 0.5) is 10.1 Å². The molecule has 4 aromatic rings. The molecule has 7 nitrogen and oxygen atoms in total. The number of hydrogen-bond donors (Lipinski definition) is 1. The predicted molar refractivity (Wildman–Crippen MR) is 119 cm³/mol. The molecule has 2 aromatic heterocycles. The Balaban J connectivity index is 1.74. The molecular weight excluding hydrogens is 413 g/mol. The van der Waals surface area contributed by atoms with E-state index < -0.39 is 11.5 Å². The second kappa shape index (κ2) is 8.89. The fourth-order valence-electron chi connectivity index (χ4n) is 3.40. The highest BCUT2D eigenvalue weighted by atomic mass is 19.1. The normalized spacial score (nSPS) is 10.7. The molecule has 162 valence electrons. The Labute approximate surface area is 183 Å². The molecule has 32 heavy (non-hydrogen) atoms. The van der Waals surface area contributed by atoms with E-state index >= 15 is 0 Å². The lowest BCUT2D eigenvalue weighted by atomic mass is 10.1. The Bertz CT molecular complexity index is 1350. The van der Waals surface area contributed by atoms with Gasteiger partial charge in [-0.3, -0.25) is 14.2 Å². The van der Waals surface area contributed by atoms with Crippen LogP contribution in [0.5, 0.6) is 11.5 Å². The van der Waals surface area contributed by atoms with Crippen molar-refractivity contribution < 1.29 is 18.7 Å². The molecule has 2 heterocycles. The molecule has 0 atom stereocenters. The number of benzene rings is 2. The van der Waals surface area contributed by atoms with Crippen molar-refractivity contribution in [3.8, 4) is 11.5 Å². The molecular formula is C24H20FN3O4. The number of hydrogen-bond acceptors (Lipinski definition) is 5. The van der Waals surface area contributed by atoms with Crippen LogP contribution in [-0.4, -0.2) is 29.7 Å². The first-order valence-electron chi connectivity index (χ1n) is 9.76. The summed E-state index contributed by atoms with van der Waals surface area (Å²) in [6.07, 6.45) is 1.58. The van der Waals surface area contributed by atoms with E-state index in [4.69, 9.17) is 9.47 Å². The minimum Gasteiger partial charge on any atom is -0.493 e. The first kappa shape index (κ1) is 21.0. The molecule has 0 saturated heterocycles. The minimum absolute atomic E-state index is 0.0394. The van der Waals surface area contributed by atoms with E-state index in [0.717, 1.165) is 0 Å². The van der Waals surface area contributed by atoms with Crippen LogP contribution >= 0.6 is 0 Å². The lowest BCUT2D eigenvalue weighted by Crippen LogP contribution is -2.30. The van der Waals surface area contributed by atoms with Crippen LogP contribution in [0.2, 0.25) is 0 Å². The zero-order chi connectivity index (χ0) is 22.7. The van der Waals surface area contributed by atoms with Crippen molar-refractivity contribution in [3.63, 3.8) is 0 Å². The number of carbonyl (C=O) groups is 1. The van der Waals surface area contributed by atoms with E-state index in [-0.39, 0.29) is 17.9 Å². The van der Waals surface area contributed by atoms with Crippen LogP contribution in [-0.2, 0) is 6.54 Å². The van der Waals surface area contributed by atoms with Crippen LogP contribution in [0.3, 0.4) is 0 Å². The number of carbonyl (C=O) groups excluding carboxylic acids is 1. The maximum absolute atomic E-state index is 13.3. The highest BCUT2D eigenvalue weighted by molar-refractivity contribution is 6.05. The quantitative estimate of drug-likeness (QED) is 0.499. The third-order valence-corrected chi connectivity index (χ3v) is 4.99. The zero-order valence-corrected chi connectivity index (χ0v) is 17.5. The molecule has 0 spiro atoms. The summed E-state index contributed by atoms with van der Waals surface area (Å²) in [5, 5.41) is 3.36. The minimum atomic E-state index is -0.569. The number of pyridine rings is 2. The Hall–Kier alpha value is -4.20. The average Bonchev–Trinajstić information content (AvgIpc) is 2.81. The standard InChI is InChI=1S/C24H20FN3O4/c1-31-20-10-9-18(13-21(20)32-2)27-23(29)19-12-16-4-3-11-26-22(16)28(24(19)30)14-15-5-7-17(25)8-6-15/h3-13H,14H2,1-2H3,(H,27,29). The van der Waals surface area contributed by atoms with Gasteiger partial charge < -0.3 is 14.8 Å². The van der Waals surface area contributed by atoms with Crippen LogP contribution in [0.1, 0.15) is 15.9 Å². The fraction of sp³-hybridized carbons (Fsp3) is 0.125. The Morgan fingerprint density at radius 2 is 1.78 bits per heavy atom. The van der Waals surface area contributed by atoms with Gasteiger partial charge in [-0.2, -0.15) is 0 Å². The Morgan fingerprint density at radius 1 is 1.03 bits per heavy atom. The number of amides is 1. The SMILES string of the molecule is COc1ccc(NC(=O)c2cc3cccnc3n(Cc3ccc(F)cc3)c2=O)cc1OC. The van der Waals surface area contributed by atoms with E-state index in [0.29, 0.717) is 33.8 Å². The second-order valence-electron chi connectivity index (χ2n) is 7.02. The third-order valence-electron chi connectivity index (χ3n) is 4.99. The highest BCUT2D eigenvalue weighted by Gasteiger charge is 2.17. The summed E-state index contributed by atoms with van der Waals surface area (Å²) in [5.74, 6) is 0.0265. The number of methoxy groups -OCH3 is 2. The molecule has 0 aliphatic rings. The molecule has 0 fully saturated rings. The van der Waals surface area contributed by atoms with E-state index in [2.05, 4.69) is 10.3 Å². The smallest absolute Gasteiger partial charge is 0.265 e. The molecule has 0 saturated carbocycles. The Kier molecular flexibility index (Phi) is 5.85. The predicted octanol–water partition coefficient (Wildman–Crippen LogP) is 3.85. The number of nitrogens with one attached hydrogen (secondary N) is 1. The summed E-state index contributed by atoms with van der Waals surface area (Å²) in [7, 11) is 3.01. The van der Waals surface area contributed by atoms with E-state index in [1.807, 2.05) is 0 Å². The molecule has 0 aliphatic carbocycles. The number of nitrogens with zero attached hydrogens (tertiary/aromatic N) is 2. The van der Waals surface area contributed by atoms with Crippen LogP contribution in [0, 0.1) is 5.82 Å². The monoisotopic (exact) mass is 433 g/mol. The fourth-order valence-corrected chi connectivity index (χ4v) is 3.40. The van der Waals surface area contributed by atoms with Crippen molar-refractivity contribution >= 4 is 22.6 Å². The number of rotatable bonds is 6. The molecule has 0 unspecified atom stereocenters. The van der Waals surface area contributed by atoms with Gasteiger partial charge in [0.2, 0.25) is 0 Å². The average molecular weight is 433 g/mol. The van der Waals surface area contributed by atoms with Crippen molar-refractivity contribution in [2.75, 3.05) is 19.5 Å². The highest BCUT2D eigenvalue weighted by Crippen LogP contribution is 2.30. The van der Waals surface area contributed by atoms with Gasteiger partial charge in [0, 0.05) is 23.3 Å². The summed E-state index contributed by atoms with van der Waals surface area (Å²) in [5.41, 5.74) is 1.05. The van der Waals surface area contributed by atoms with Crippen molar-refractivity contribution in [1.29, 1.82) is 0 Å². The van der Waals surface area contributed by atoms with Gasteiger partial charge in [0.1, 0.15) is 17.0 Å². The third kappa shape index (κ3) is 4.15. The number of aromatic nitrogens is 2. The Morgan fingerprint density at radius 3 is 2.50 bits per heavy atom. The molecule has 1 amide bonds. The summed E-state index contributed by atoms with van der Waals surface area (Å²) in [4.78, 5) is 30.6. The van der Waals surface area contributed by atoms with Crippen molar-refractivity contribution in [1.82, 2.24) is 9.55 Å². The van der Waals surface area contributed by atoms with Gasteiger partial charge >= 0.3 is 0 Å². The maximum Gasteiger partial charge on any atom is 0.265 e. The second-order valence-corrected chi connectivity index (χ2v) is 7.02. The van der Waals surface area contributed by atoms with Gasteiger partial charge in [-0.25, -0.2) is 9.37 Å². The van der Waals surface area contributed by atoms with Gasteiger partial charge in [0.05, 0.1) is 20.8 Å². The van der Waals surface area contributed by atoms with Gasteiger partial charge in [-0.05, 0) is 48.0 Å². The lowest BCUT2D eigenvalue weighted by Gasteiger charge is -2.13. The van der Waals surface area contributed by atoms with Gasteiger partial charge in [0.15, 0.2) is 11.5 Å². The van der Waals surface area contributed by atoms with E-state index in [1.165, 1.54) is 37.0 Å². The zero-order valence-electron chi connectivity index (χ0n) is 17.5. The van der Waals surface area contributed by atoms with E-state index in [1.54, 1.807) is 48.7 Å². The molecule has 2 aromatic carbocycles. The van der Waals surface area contributed by atoms with Crippen LogP contribution in [0.15, 0.2) is 71.7 Å². The summed E-state index contributed by atoms with van der Waals surface area (Å²) in [6, 6.07) is 15.8. The summed E-state index contributed by atoms with van der Waals surface area (Å²) >= 11 is 0. The largest absolute Gasteiger partial charge is 0.493 e. The van der Waals surface area contributed by atoms with Gasteiger partial charge in [-0.1, -0.05) is 12.1 Å². The molecule has 1 N–H and O–H groups in total. The molecule has 0 radical (unpaired) electrons. The summed E-state index contributed by atoms with van der Waals surface area (Å²) in [6.45, 7) is 0.143. The van der Waals surface area contributed by atoms with Gasteiger partial charge in [0.25, 0.3) is 11.5 Å². The lowest BCUT2D eigenvalue weighted by molar-refractivity contribution is 0.102. The number of fused-ring (bicyclic) bond motifs is 1. The van der Waals surface area contributed by atoms with Crippen molar-refractivity contribution in [2.45, 2.75) is 6.54 Å². The van der Waals surface area contributed by atoms with Crippen LogP contribution < -0.4 is 20.3 Å². The number of anilines is 1. The summed E-state index contributed by atoms with van der Waals surface area (Å²) < 4.78 is 25.2. The molecule has 4 rings (SSSR count). The van der Waals surface area contributed by atoms with Crippen molar-refractivity contribution in [2.24, 2.45) is 0 Å². The van der Waals surface area contributed by atoms with E-state index in [9.17, 15) is 14.0 Å². The maximum atomic E-state index is 13.3. The molecule has 8 heteroatoms. The topological polar surface area (TPSA) is 82.5 Å². The molecule has 0 aliphatic heterocycles. The molecule has 0 bridgehead atoms. The first-order valence-corrected chi connectivity index (χ1v) is 9.76. The first-order chi connectivity index (χ1) is 15.5. The number of ether oxygens (including phenoxy) is 2. The van der Waals surface area contributed by atoms with Gasteiger partial charge in [-0.15, -0.1) is 0 Å². The number of halogens is 1. The van der Waals surface area contributed by atoms with Crippen LogP contribution in [0.25, 0.3) is 11.0 Å². The van der Waals surface area contributed by atoms with Crippen molar-refractivity contribution in [3.05, 3.63) is 94.2 Å².